The summed E-state index contributed by atoms with van der Waals surface area (Å²) in [5, 5.41) is 0. The molecule has 8 heteroatoms. The van der Waals surface area contributed by atoms with Gasteiger partial charge in [0.2, 0.25) is 5.92 Å². The van der Waals surface area contributed by atoms with Gasteiger partial charge in [-0.05, 0) is 55.4 Å². The first-order valence-electron chi connectivity index (χ1n) is 9.11. The van der Waals surface area contributed by atoms with E-state index >= 15 is 0 Å². The number of hydrogen-bond donors (Lipinski definition) is 1. The van der Waals surface area contributed by atoms with Gasteiger partial charge in [0, 0.05) is 25.6 Å². The normalized spacial score (nSPS) is 19.1. The predicted octanol–water partition coefficient (Wildman–Crippen LogP) is 4.61. The summed E-state index contributed by atoms with van der Waals surface area (Å²) in [6, 6.07) is 4.77. The predicted molar refractivity (Wildman–Crippen MR) is 101 cm³/mol. The Morgan fingerprint density at radius 2 is 2.00 bits per heavy atom. The second-order valence-electron chi connectivity index (χ2n) is 7.62. The number of anilines is 1. The first-order chi connectivity index (χ1) is 12.8. The van der Waals surface area contributed by atoms with Crippen molar-refractivity contribution in [3.05, 3.63) is 45.6 Å². The molecule has 4 rings (SSSR count). The van der Waals surface area contributed by atoms with Crippen LogP contribution in [0.25, 0.3) is 5.69 Å². The van der Waals surface area contributed by atoms with E-state index in [2.05, 4.69) is 4.72 Å². The van der Waals surface area contributed by atoms with E-state index in [0.717, 1.165) is 18.5 Å². The molecule has 27 heavy (non-hydrogen) atoms. The maximum absolute atomic E-state index is 14.0. The molecule has 2 aromatic rings. The van der Waals surface area contributed by atoms with Crippen molar-refractivity contribution in [1.29, 1.82) is 0 Å². The molecule has 1 heterocycles. The largest absolute Gasteiger partial charge is 0.324 e. The molecule has 2 saturated carbocycles. The lowest BCUT2D eigenvalue weighted by atomic mass is 9.83. The van der Waals surface area contributed by atoms with Crippen LogP contribution >= 0.6 is 11.9 Å². The van der Waals surface area contributed by atoms with Crippen molar-refractivity contribution in [2.75, 3.05) is 10.5 Å². The van der Waals surface area contributed by atoms with Crippen molar-refractivity contribution in [3.63, 3.8) is 0 Å². The molecule has 0 aliphatic heterocycles. The van der Waals surface area contributed by atoms with Crippen LogP contribution in [0.5, 0.6) is 0 Å². The number of rotatable bonds is 6. The Labute approximate surface area is 159 Å². The number of benzene rings is 1. The fourth-order valence-electron chi connectivity index (χ4n) is 3.62. The summed E-state index contributed by atoms with van der Waals surface area (Å²) in [6.07, 6.45) is 1.79. The zero-order valence-electron chi connectivity index (χ0n) is 15.3. The third-order valence-corrected chi connectivity index (χ3v) is 6.45. The highest BCUT2D eigenvalue weighted by Crippen LogP contribution is 2.44. The van der Waals surface area contributed by atoms with Gasteiger partial charge in [0.05, 0.1) is 11.4 Å². The second kappa shape index (κ2) is 6.65. The van der Waals surface area contributed by atoms with Crippen LogP contribution in [0.2, 0.25) is 0 Å². The number of halogens is 3. The van der Waals surface area contributed by atoms with Crippen molar-refractivity contribution in [1.82, 2.24) is 9.36 Å². The molecule has 0 saturated heterocycles. The Morgan fingerprint density at radius 1 is 1.30 bits per heavy atom. The molecule has 1 N–H and O–H groups in total. The molecule has 146 valence electrons. The zero-order valence-corrected chi connectivity index (χ0v) is 16.1. The molecule has 4 nitrogen and oxygen atoms in total. The van der Waals surface area contributed by atoms with Gasteiger partial charge in [-0.15, -0.1) is 0 Å². The van der Waals surface area contributed by atoms with Gasteiger partial charge in [-0.3, -0.25) is 9.48 Å². The third kappa shape index (κ3) is 3.51. The Morgan fingerprint density at radius 3 is 2.63 bits per heavy atom. The maximum atomic E-state index is 14.0. The lowest BCUT2D eigenvalue weighted by molar-refractivity contribution is -0.103. The van der Waals surface area contributed by atoms with Crippen molar-refractivity contribution in [3.8, 4) is 5.69 Å². The highest BCUT2D eigenvalue weighted by Gasteiger charge is 2.44. The number of hydrogen-bond acceptors (Lipinski definition) is 3. The van der Waals surface area contributed by atoms with Crippen molar-refractivity contribution >= 4 is 17.6 Å². The minimum atomic E-state index is -2.53. The summed E-state index contributed by atoms with van der Waals surface area (Å²) >= 11 is 1.29. The van der Waals surface area contributed by atoms with Crippen LogP contribution in [0.15, 0.2) is 23.0 Å². The van der Waals surface area contributed by atoms with E-state index in [1.54, 1.807) is 23.9 Å². The second-order valence-corrected chi connectivity index (χ2v) is 8.45. The lowest BCUT2D eigenvalue weighted by Gasteiger charge is -2.34. The van der Waals surface area contributed by atoms with Gasteiger partial charge in [0.15, 0.2) is 0 Å². The van der Waals surface area contributed by atoms with E-state index in [1.807, 2.05) is 6.92 Å². The number of nitrogens with zero attached hydrogens (tertiary/aromatic N) is 2. The van der Waals surface area contributed by atoms with Crippen LogP contribution in [0.1, 0.15) is 42.9 Å². The Hall–Kier alpha value is -1.83. The van der Waals surface area contributed by atoms with Crippen LogP contribution in [0.3, 0.4) is 0 Å². The van der Waals surface area contributed by atoms with Crippen LogP contribution in [0.4, 0.5) is 18.9 Å². The van der Waals surface area contributed by atoms with Gasteiger partial charge >= 0.3 is 0 Å². The summed E-state index contributed by atoms with van der Waals surface area (Å²) in [4.78, 5) is 12.9. The molecule has 1 aromatic heterocycles. The van der Waals surface area contributed by atoms with Gasteiger partial charge in [0.1, 0.15) is 11.5 Å². The third-order valence-electron chi connectivity index (χ3n) is 5.46. The summed E-state index contributed by atoms with van der Waals surface area (Å²) in [5.41, 5.74) is 2.24. The first kappa shape index (κ1) is 18.5. The molecule has 0 amide bonds. The number of nitrogens with one attached hydrogen (secondary N) is 1. The van der Waals surface area contributed by atoms with Crippen molar-refractivity contribution in [2.45, 2.75) is 44.4 Å². The molecule has 0 atom stereocenters. The van der Waals surface area contributed by atoms with E-state index in [1.165, 1.54) is 22.7 Å². The fraction of sp³-hybridized carbons (Fsp3) is 0.526. The topological polar surface area (TPSA) is 39.0 Å². The molecule has 0 bridgehead atoms. The highest BCUT2D eigenvalue weighted by molar-refractivity contribution is 8.00. The van der Waals surface area contributed by atoms with Gasteiger partial charge in [-0.1, -0.05) is 11.9 Å². The average Bonchev–Trinajstić information content (AvgIpc) is 3.39. The quantitative estimate of drug-likeness (QED) is 0.724. The van der Waals surface area contributed by atoms with E-state index in [-0.39, 0.29) is 36.1 Å². The monoisotopic (exact) mass is 397 g/mol. The Balaban J connectivity index is 1.54. The van der Waals surface area contributed by atoms with Crippen molar-refractivity contribution in [2.24, 2.45) is 13.0 Å². The summed E-state index contributed by atoms with van der Waals surface area (Å²) in [6.45, 7) is 1.82. The van der Waals surface area contributed by atoms with E-state index in [0.29, 0.717) is 22.7 Å². The van der Waals surface area contributed by atoms with Gasteiger partial charge in [0.25, 0.3) is 5.56 Å². The fourth-order valence-corrected chi connectivity index (χ4v) is 4.56. The van der Waals surface area contributed by atoms with Crippen LogP contribution in [0, 0.1) is 18.7 Å². The lowest BCUT2D eigenvalue weighted by Crippen LogP contribution is -2.36. The SMILES string of the molecule is Cc1c(NSCC2CC(F)(F)C2)c(=O)n(-c2ccc(F)c(C3CC3)c2)n1C. The molecule has 2 aliphatic rings. The summed E-state index contributed by atoms with van der Waals surface area (Å²) in [5.74, 6) is -2.00. The summed E-state index contributed by atoms with van der Waals surface area (Å²) < 4.78 is 46.2. The van der Waals surface area contributed by atoms with Gasteiger partial charge in [-0.2, -0.15) is 0 Å². The molecule has 1 aromatic carbocycles. The van der Waals surface area contributed by atoms with Crippen molar-refractivity contribution < 1.29 is 13.2 Å². The van der Waals surface area contributed by atoms with Crippen LogP contribution in [-0.2, 0) is 7.05 Å². The van der Waals surface area contributed by atoms with Gasteiger partial charge in [-0.25, -0.2) is 17.9 Å². The molecule has 2 fully saturated rings. The minimum absolute atomic E-state index is 0.0260. The number of alkyl halides is 2. The van der Waals surface area contributed by atoms with E-state index < -0.39 is 5.92 Å². The first-order valence-corrected chi connectivity index (χ1v) is 10.1. The van der Waals surface area contributed by atoms with Crippen LogP contribution < -0.4 is 10.3 Å². The van der Waals surface area contributed by atoms with E-state index in [9.17, 15) is 18.0 Å². The molecular weight excluding hydrogens is 375 g/mol. The molecule has 0 radical (unpaired) electrons. The molecule has 0 spiro atoms. The molecule has 0 unspecified atom stereocenters. The standard InChI is InChI=1S/C19H22F3N3OS/c1-11-17(23-27-10-12-8-19(21,22)9-12)18(26)25(24(11)2)14-5-6-16(20)15(7-14)13-3-4-13/h5-7,12-13,23H,3-4,8-10H2,1-2H3. The zero-order chi connectivity index (χ0) is 19.3. The van der Waals surface area contributed by atoms with Crippen LogP contribution in [-0.4, -0.2) is 21.0 Å². The maximum Gasteiger partial charge on any atom is 0.295 e. The smallest absolute Gasteiger partial charge is 0.295 e. The average molecular weight is 397 g/mol. The van der Waals surface area contributed by atoms with Gasteiger partial charge < -0.3 is 4.72 Å². The Bertz CT molecular complexity index is 925. The Kier molecular flexibility index (Phi) is 4.56. The molecular formula is C19H22F3N3OS. The highest BCUT2D eigenvalue weighted by atomic mass is 32.2. The van der Waals surface area contributed by atoms with E-state index in [4.69, 9.17) is 0 Å². The molecule has 2 aliphatic carbocycles. The minimum Gasteiger partial charge on any atom is -0.324 e. The number of aromatic nitrogens is 2. The summed E-state index contributed by atoms with van der Waals surface area (Å²) in [7, 11) is 1.78.